The Labute approximate surface area is 111 Å². The lowest BCUT2D eigenvalue weighted by Gasteiger charge is -2.19. The molecule has 1 saturated carbocycles. The first kappa shape index (κ1) is 12.2. The van der Waals surface area contributed by atoms with Crippen LogP contribution in [0.3, 0.4) is 0 Å². The number of anilines is 1. The van der Waals surface area contributed by atoms with E-state index in [0.717, 1.165) is 18.4 Å². The number of allylic oxidation sites excluding steroid dienone is 1. The van der Waals surface area contributed by atoms with E-state index in [1.807, 2.05) is 6.08 Å². The van der Waals surface area contributed by atoms with Crippen LogP contribution in [0.5, 0.6) is 5.75 Å². The molecule has 1 aliphatic carbocycles. The third-order valence-electron chi connectivity index (χ3n) is 3.55. The number of amides is 1. The van der Waals surface area contributed by atoms with Gasteiger partial charge in [0, 0.05) is 0 Å². The fourth-order valence-corrected chi connectivity index (χ4v) is 2.65. The number of hydrogen-bond acceptors (Lipinski definition) is 2. The summed E-state index contributed by atoms with van der Waals surface area (Å²) < 4.78 is 19.0. The Morgan fingerprint density at radius 3 is 2.79 bits per heavy atom. The number of hydrogen-bond donors (Lipinski definition) is 1. The van der Waals surface area contributed by atoms with Crippen LogP contribution in [0.25, 0.3) is 6.08 Å². The summed E-state index contributed by atoms with van der Waals surface area (Å²) >= 11 is 0. The molecule has 2 aliphatic rings. The highest BCUT2D eigenvalue weighted by Gasteiger charge is 2.20. The molecule has 0 bridgehead atoms. The number of halogens is 1. The summed E-state index contributed by atoms with van der Waals surface area (Å²) in [6.07, 6.45) is 7.89. The first-order valence-electron chi connectivity index (χ1n) is 6.68. The summed E-state index contributed by atoms with van der Waals surface area (Å²) in [4.78, 5) is 11.3. The minimum atomic E-state index is -0.417. The van der Waals surface area contributed by atoms with Crippen LogP contribution in [-0.4, -0.2) is 12.5 Å². The topological polar surface area (TPSA) is 38.3 Å². The third kappa shape index (κ3) is 2.62. The molecule has 19 heavy (non-hydrogen) atoms. The average molecular weight is 261 g/mol. The molecule has 3 nitrogen and oxygen atoms in total. The predicted molar refractivity (Wildman–Crippen MR) is 71.6 cm³/mol. The van der Waals surface area contributed by atoms with Gasteiger partial charge in [0.2, 0.25) is 0 Å². The molecule has 1 fully saturated rings. The Balaban J connectivity index is 1.92. The van der Waals surface area contributed by atoms with E-state index in [0.29, 0.717) is 5.69 Å². The van der Waals surface area contributed by atoms with Gasteiger partial charge in [-0.25, -0.2) is 4.39 Å². The van der Waals surface area contributed by atoms with Crippen LogP contribution in [0, 0.1) is 5.82 Å². The number of nitrogens with one attached hydrogen (secondary N) is 1. The maximum atomic E-state index is 13.9. The van der Waals surface area contributed by atoms with Gasteiger partial charge in [0.25, 0.3) is 5.91 Å². The normalized spacial score (nSPS) is 18.4. The van der Waals surface area contributed by atoms with Crippen molar-refractivity contribution in [1.29, 1.82) is 0 Å². The molecule has 0 aromatic heterocycles. The maximum absolute atomic E-state index is 13.9. The molecule has 0 unspecified atom stereocenters. The van der Waals surface area contributed by atoms with Gasteiger partial charge in [0.1, 0.15) is 0 Å². The van der Waals surface area contributed by atoms with Crippen molar-refractivity contribution in [1.82, 2.24) is 0 Å². The van der Waals surface area contributed by atoms with Crippen molar-refractivity contribution in [3.05, 3.63) is 29.1 Å². The van der Waals surface area contributed by atoms with E-state index >= 15 is 0 Å². The zero-order valence-corrected chi connectivity index (χ0v) is 10.7. The summed E-state index contributed by atoms with van der Waals surface area (Å²) in [6, 6.07) is 3.25. The van der Waals surface area contributed by atoms with E-state index < -0.39 is 5.82 Å². The van der Waals surface area contributed by atoms with E-state index in [1.165, 1.54) is 30.9 Å². The molecule has 1 N–H and O–H groups in total. The maximum Gasteiger partial charge on any atom is 0.262 e. The fourth-order valence-electron chi connectivity index (χ4n) is 2.65. The van der Waals surface area contributed by atoms with Crippen LogP contribution >= 0.6 is 0 Å². The predicted octanol–water partition coefficient (Wildman–Crippen LogP) is 3.50. The lowest BCUT2D eigenvalue weighted by Crippen LogP contribution is -2.26. The van der Waals surface area contributed by atoms with Crippen molar-refractivity contribution < 1.29 is 13.9 Å². The number of rotatable bonds is 1. The van der Waals surface area contributed by atoms with E-state index in [2.05, 4.69) is 5.32 Å². The minimum absolute atomic E-state index is 0.121. The van der Waals surface area contributed by atoms with Gasteiger partial charge in [-0.15, -0.1) is 0 Å². The van der Waals surface area contributed by atoms with Crippen LogP contribution in [0.2, 0.25) is 0 Å². The van der Waals surface area contributed by atoms with Gasteiger partial charge in [0.15, 0.2) is 18.2 Å². The van der Waals surface area contributed by atoms with Crippen LogP contribution in [-0.2, 0) is 4.79 Å². The Hall–Kier alpha value is -1.84. The number of carbonyl (C=O) groups is 1. The van der Waals surface area contributed by atoms with Gasteiger partial charge in [-0.1, -0.05) is 18.1 Å². The SMILES string of the molecule is O=C1COc2c(F)cc(C=C3CCCCC3)cc2N1. The van der Waals surface area contributed by atoms with Crippen molar-refractivity contribution in [2.75, 3.05) is 11.9 Å². The van der Waals surface area contributed by atoms with Gasteiger partial charge < -0.3 is 10.1 Å². The van der Waals surface area contributed by atoms with Gasteiger partial charge >= 0.3 is 0 Å². The van der Waals surface area contributed by atoms with Crippen molar-refractivity contribution in [2.24, 2.45) is 0 Å². The van der Waals surface area contributed by atoms with Gasteiger partial charge in [-0.2, -0.15) is 0 Å². The fraction of sp³-hybridized carbons (Fsp3) is 0.400. The first-order chi connectivity index (χ1) is 9.22. The summed E-state index contributed by atoms with van der Waals surface area (Å²) in [5.74, 6) is -0.514. The molecule has 0 atom stereocenters. The molecule has 1 aromatic rings. The van der Waals surface area contributed by atoms with Crippen molar-refractivity contribution >= 4 is 17.7 Å². The van der Waals surface area contributed by atoms with Crippen molar-refractivity contribution in [3.8, 4) is 5.75 Å². The first-order valence-corrected chi connectivity index (χ1v) is 6.68. The summed E-state index contributed by atoms with van der Waals surface area (Å²) in [5, 5.41) is 2.65. The Morgan fingerprint density at radius 1 is 1.21 bits per heavy atom. The molecule has 4 heteroatoms. The zero-order valence-electron chi connectivity index (χ0n) is 10.7. The lowest BCUT2D eigenvalue weighted by molar-refractivity contribution is -0.118. The minimum Gasteiger partial charge on any atom is -0.478 e. The molecular weight excluding hydrogens is 245 g/mol. The summed E-state index contributed by atoms with van der Waals surface area (Å²) in [6.45, 7) is -0.121. The van der Waals surface area contributed by atoms with Gasteiger partial charge in [-0.05, 0) is 43.4 Å². The number of benzene rings is 1. The molecule has 0 saturated heterocycles. The molecule has 1 aromatic carbocycles. The number of carbonyl (C=O) groups excluding carboxylic acids is 1. The molecule has 3 rings (SSSR count). The third-order valence-corrected chi connectivity index (χ3v) is 3.55. The zero-order chi connectivity index (χ0) is 13.2. The Kier molecular flexibility index (Phi) is 3.23. The van der Waals surface area contributed by atoms with E-state index in [-0.39, 0.29) is 18.3 Å². The average Bonchev–Trinajstić information content (AvgIpc) is 2.39. The monoisotopic (exact) mass is 261 g/mol. The van der Waals surface area contributed by atoms with Crippen LogP contribution in [0.1, 0.15) is 37.7 Å². The van der Waals surface area contributed by atoms with Crippen molar-refractivity contribution in [2.45, 2.75) is 32.1 Å². The highest BCUT2D eigenvalue weighted by molar-refractivity contribution is 5.95. The van der Waals surface area contributed by atoms with Crippen LogP contribution < -0.4 is 10.1 Å². The summed E-state index contributed by atoms with van der Waals surface area (Å²) in [7, 11) is 0. The Bertz CT molecular complexity index is 543. The smallest absolute Gasteiger partial charge is 0.262 e. The molecule has 0 radical (unpaired) electrons. The molecule has 1 amide bonds. The number of fused-ring (bicyclic) bond motifs is 1. The largest absolute Gasteiger partial charge is 0.478 e. The van der Waals surface area contributed by atoms with E-state index in [9.17, 15) is 9.18 Å². The molecule has 0 spiro atoms. The quantitative estimate of drug-likeness (QED) is 0.840. The van der Waals surface area contributed by atoms with Crippen LogP contribution in [0.4, 0.5) is 10.1 Å². The summed E-state index contributed by atoms with van der Waals surface area (Å²) in [5.41, 5.74) is 2.58. The van der Waals surface area contributed by atoms with Crippen molar-refractivity contribution in [3.63, 3.8) is 0 Å². The second-order valence-electron chi connectivity index (χ2n) is 5.08. The molecular formula is C15H16FNO2. The highest BCUT2D eigenvalue weighted by atomic mass is 19.1. The van der Waals surface area contributed by atoms with Gasteiger partial charge in [-0.3, -0.25) is 4.79 Å². The Morgan fingerprint density at radius 2 is 2.00 bits per heavy atom. The molecule has 100 valence electrons. The molecule has 1 aliphatic heterocycles. The molecule has 1 heterocycles. The van der Waals surface area contributed by atoms with E-state index in [4.69, 9.17) is 4.74 Å². The van der Waals surface area contributed by atoms with Gasteiger partial charge in [0.05, 0.1) is 5.69 Å². The van der Waals surface area contributed by atoms with Crippen LogP contribution in [0.15, 0.2) is 17.7 Å². The second kappa shape index (κ2) is 5.03. The van der Waals surface area contributed by atoms with E-state index in [1.54, 1.807) is 6.07 Å². The highest BCUT2D eigenvalue weighted by Crippen LogP contribution is 2.33. The number of ether oxygens (including phenoxy) is 1. The second-order valence-corrected chi connectivity index (χ2v) is 5.08. The lowest BCUT2D eigenvalue weighted by atomic mass is 9.93. The standard InChI is InChI=1S/C15H16FNO2/c16-12-7-11(6-10-4-2-1-3-5-10)8-13-15(12)19-9-14(18)17-13/h6-8H,1-5,9H2,(H,17,18).